The van der Waals surface area contributed by atoms with E-state index in [0.717, 1.165) is 0 Å². The zero-order chi connectivity index (χ0) is 11.1. The van der Waals surface area contributed by atoms with Gasteiger partial charge in [0.15, 0.2) is 6.61 Å². The van der Waals surface area contributed by atoms with Gasteiger partial charge in [-0.05, 0) is 0 Å². The van der Waals surface area contributed by atoms with Gasteiger partial charge in [-0.3, -0.25) is 19.2 Å². The molecule has 6 N–H and O–H groups in total. The fraction of sp³-hybridized carbons (Fsp3) is 0.500. The fourth-order valence-electron chi connectivity index (χ4n) is 0.535. The van der Waals surface area contributed by atoms with Gasteiger partial charge in [-0.15, -0.1) is 0 Å². The van der Waals surface area contributed by atoms with Crippen LogP contribution in [0.1, 0.15) is 6.42 Å². The molecule has 80 valence electrons. The van der Waals surface area contributed by atoms with Crippen molar-refractivity contribution in [1.82, 2.24) is 5.48 Å². The summed E-state index contributed by atoms with van der Waals surface area (Å²) in [4.78, 5) is 35.5. The molecule has 0 heterocycles. The zero-order valence-corrected chi connectivity index (χ0v) is 7.23. The first-order valence-electron chi connectivity index (χ1n) is 3.60. The van der Waals surface area contributed by atoms with E-state index in [1.54, 1.807) is 5.48 Å². The standard InChI is InChI=1S/C6H11N3O5/c7-3(1-5(11)12)6(13)9-14-2-4(8)10/h3H,1-2,7H2,(H2,8,10)(H,9,13)(H,11,12). The van der Waals surface area contributed by atoms with E-state index in [-0.39, 0.29) is 0 Å². The van der Waals surface area contributed by atoms with Crippen molar-refractivity contribution in [2.24, 2.45) is 11.5 Å². The van der Waals surface area contributed by atoms with Crippen molar-refractivity contribution in [2.75, 3.05) is 6.61 Å². The number of hydrogen-bond donors (Lipinski definition) is 4. The second kappa shape index (κ2) is 5.89. The molecule has 1 atom stereocenters. The highest BCUT2D eigenvalue weighted by Crippen LogP contribution is 1.87. The third-order valence-corrected chi connectivity index (χ3v) is 1.12. The Hall–Kier alpha value is -1.67. The third kappa shape index (κ3) is 5.91. The van der Waals surface area contributed by atoms with Crippen LogP contribution < -0.4 is 16.9 Å². The molecule has 0 aromatic rings. The Labute approximate surface area is 79.1 Å². The Morgan fingerprint density at radius 1 is 1.43 bits per heavy atom. The summed E-state index contributed by atoms with van der Waals surface area (Å²) < 4.78 is 0. The summed E-state index contributed by atoms with van der Waals surface area (Å²) in [7, 11) is 0. The van der Waals surface area contributed by atoms with Crippen molar-refractivity contribution in [3.05, 3.63) is 0 Å². The van der Waals surface area contributed by atoms with Crippen LogP contribution in [0, 0.1) is 0 Å². The molecule has 0 radical (unpaired) electrons. The van der Waals surface area contributed by atoms with Gasteiger partial charge >= 0.3 is 5.97 Å². The number of carboxylic acid groups (broad SMARTS) is 1. The molecule has 0 aliphatic carbocycles. The lowest BCUT2D eigenvalue weighted by Crippen LogP contribution is -2.42. The number of carboxylic acids is 1. The number of primary amides is 1. The Morgan fingerprint density at radius 3 is 2.43 bits per heavy atom. The maximum absolute atomic E-state index is 10.9. The van der Waals surface area contributed by atoms with E-state index >= 15 is 0 Å². The summed E-state index contributed by atoms with van der Waals surface area (Å²) >= 11 is 0. The van der Waals surface area contributed by atoms with Gasteiger partial charge in [0.1, 0.15) is 0 Å². The molecule has 0 aromatic carbocycles. The lowest BCUT2D eigenvalue weighted by atomic mass is 10.2. The van der Waals surface area contributed by atoms with Crippen molar-refractivity contribution in [1.29, 1.82) is 0 Å². The second-order valence-corrected chi connectivity index (χ2v) is 2.43. The Balaban J connectivity index is 3.73. The molecule has 0 aliphatic rings. The van der Waals surface area contributed by atoms with E-state index in [0.29, 0.717) is 0 Å². The van der Waals surface area contributed by atoms with Crippen LogP contribution in [-0.2, 0) is 19.2 Å². The summed E-state index contributed by atoms with van der Waals surface area (Å²) in [5, 5.41) is 8.27. The molecule has 0 rings (SSSR count). The van der Waals surface area contributed by atoms with Gasteiger partial charge in [-0.1, -0.05) is 0 Å². The summed E-state index contributed by atoms with van der Waals surface area (Å²) in [5.74, 6) is -2.80. The van der Waals surface area contributed by atoms with E-state index < -0.39 is 36.9 Å². The minimum atomic E-state index is -1.22. The van der Waals surface area contributed by atoms with Crippen LogP contribution in [0.4, 0.5) is 0 Å². The molecule has 0 saturated heterocycles. The predicted octanol–water partition coefficient (Wildman–Crippen LogP) is -2.68. The molecule has 8 nitrogen and oxygen atoms in total. The van der Waals surface area contributed by atoms with Crippen molar-refractivity contribution >= 4 is 17.8 Å². The number of nitrogens with two attached hydrogens (primary N) is 2. The highest BCUT2D eigenvalue weighted by atomic mass is 16.7. The SMILES string of the molecule is NC(=O)CONC(=O)C(N)CC(=O)O. The fourth-order valence-corrected chi connectivity index (χ4v) is 0.535. The van der Waals surface area contributed by atoms with Gasteiger partial charge in [0, 0.05) is 0 Å². The second-order valence-electron chi connectivity index (χ2n) is 2.43. The van der Waals surface area contributed by atoms with Crippen LogP contribution in [0.15, 0.2) is 0 Å². The highest BCUT2D eigenvalue weighted by molar-refractivity contribution is 5.85. The first kappa shape index (κ1) is 12.3. The molecule has 0 aromatic heterocycles. The lowest BCUT2D eigenvalue weighted by molar-refractivity contribution is -0.144. The normalized spacial score (nSPS) is 11.8. The lowest BCUT2D eigenvalue weighted by Gasteiger charge is -2.08. The number of rotatable bonds is 6. The number of amides is 2. The van der Waals surface area contributed by atoms with Gasteiger partial charge in [-0.2, -0.15) is 0 Å². The number of aliphatic carboxylic acids is 1. The van der Waals surface area contributed by atoms with E-state index in [9.17, 15) is 14.4 Å². The van der Waals surface area contributed by atoms with Gasteiger partial charge < -0.3 is 16.6 Å². The van der Waals surface area contributed by atoms with Crippen LogP contribution in [-0.4, -0.2) is 35.5 Å². The number of nitrogens with one attached hydrogen (secondary N) is 1. The molecular formula is C6H11N3O5. The number of hydrogen-bond acceptors (Lipinski definition) is 5. The largest absolute Gasteiger partial charge is 0.481 e. The summed E-state index contributed by atoms with van der Waals surface area (Å²) in [5.41, 5.74) is 11.6. The molecule has 0 fully saturated rings. The summed E-state index contributed by atoms with van der Waals surface area (Å²) in [6, 6.07) is -1.22. The Morgan fingerprint density at radius 2 is 2.00 bits per heavy atom. The highest BCUT2D eigenvalue weighted by Gasteiger charge is 2.16. The Kier molecular flexibility index (Phi) is 5.19. The first-order chi connectivity index (χ1) is 6.43. The van der Waals surface area contributed by atoms with E-state index in [1.165, 1.54) is 0 Å². The van der Waals surface area contributed by atoms with Crippen molar-refractivity contribution < 1.29 is 24.3 Å². The number of carbonyl (C=O) groups is 3. The van der Waals surface area contributed by atoms with Gasteiger partial charge in [0.05, 0.1) is 12.5 Å². The van der Waals surface area contributed by atoms with E-state index in [2.05, 4.69) is 4.84 Å². The van der Waals surface area contributed by atoms with E-state index in [1.807, 2.05) is 0 Å². The smallest absolute Gasteiger partial charge is 0.305 e. The maximum Gasteiger partial charge on any atom is 0.305 e. The summed E-state index contributed by atoms with van der Waals surface area (Å²) in [6.07, 6.45) is -0.522. The molecule has 2 amide bonds. The first-order valence-corrected chi connectivity index (χ1v) is 3.60. The molecule has 0 saturated carbocycles. The van der Waals surface area contributed by atoms with Gasteiger partial charge in [-0.25, -0.2) is 5.48 Å². The molecule has 14 heavy (non-hydrogen) atoms. The van der Waals surface area contributed by atoms with Crippen molar-refractivity contribution in [2.45, 2.75) is 12.5 Å². The Bertz CT molecular complexity index is 242. The van der Waals surface area contributed by atoms with Crippen LogP contribution in [0.3, 0.4) is 0 Å². The van der Waals surface area contributed by atoms with Crippen LogP contribution in [0.25, 0.3) is 0 Å². The van der Waals surface area contributed by atoms with Crippen LogP contribution in [0.5, 0.6) is 0 Å². The van der Waals surface area contributed by atoms with Crippen molar-refractivity contribution in [3.8, 4) is 0 Å². The summed E-state index contributed by atoms with van der Waals surface area (Å²) in [6.45, 7) is -0.495. The average molecular weight is 205 g/mol. The third-order valence-electron chi connectivity index (χ3n) is 1.12. The predicted molar refractivity (Wildman–Crippen MR) is 43.5 cm³/mol. The monoisotopic (exact) mass is 205 g/mol. The maximum atomic E-state index is 10.9. The zero-order valence-electron chi connectivity index (χ0n) is 7.23. The molecule has 0 spiro atoms. The van der Waals surface area contributed by atoms with Gasteiger partial charge in [0.2, 0.25) is 5.91 Å². The molecule has 0 bridgehead atoms. The number of carbonyl (C=O) groups excluding carboxylic acids is 2. The quantitative estimate of drug-likeness (QED) is 0.348. The number of hydroxylamine groups is 1. The minimum absolute atomic E-state index is 0.495. The van der Waals surface area contributed by atoms with Crippen LogP contribution in [0.2, 0.25) is 0 Å². The minimum Gasteiger partial charge on any atom is -0.481 e. The van der Waals surface area contributed by atoms with Crippen molar-refractivity contribution in [3.63, 3.8) is 0 Å². The molecule has 8 heteroatoms. The molecule has 1 unspecified atom stereocenters. The van der Waals surface area contributed by atoms with Gasteiger partial charge in [0.25, 0.3) is 5.91 Å². The average Bonchev–Trinajstić information content (AvgIpc) is 2.01. The van der Waals surface area contributed by atoms with E-state index in [4.69, 9.17) is 16.6 Å². The topological polar surface area (TPSA) is 145 Å². The molecular weight excluding hydrogens is 194 g/mol. The van der Waals surface area contributed by atoms with Crippen LogP contribution >= 0.6 is 0 Å². The molecule has 0 aliphatic heterocycles.